The minimum absolute atomic E-state index is 0.272. The second kappa shape index (κ2) is 2.73. The van der Waals surface area contributed by atoms with E-state index in [9.17, 15) is 10.0 Å². The molecule has 5 nitrogen and oxygen atoms in total. The van der Waals surface area contributed by atoms with E-state index in [1.54, 1.807) is 31.3 Å². The zero-order chi connectivity index (χ0) is 10.3. The number of rotatable bonds is 1. The van der Waals surface area contributed by atoms with Gasteiger partial charge in [0.15, 0.2) is 11.0 Å². The molecule has 0 atom stereocenters. The van der Waals surface area contributed by atoms with Crippen molar-refractivity contribution in [3.05, 3.63) is 35.3 Å². The molecule has 0 radical (unpaired) electrons. The zero-order valence-corrected chi connectivity index (χ0v) is 7.47. The molecule has 0 unspecified atom stereocenters. The summed E-state index contributed by atoms with van der Waals surface area (Å²) in [7, 11) is 1.56. The van der Waals surface area contributed by atoms with Gasteiger partial charge in [0.05, 0.1) is 7.05 Å². The third-order valence-electron chi connectivity index (χ3n) is 2.16. The van der Waals surface area contributed by atoms with Crippen molar-refractivity contribution < 1.29 is 14.6 Å². The van der Waals surface area contributed by atoms with Crippen molar-refractivity contribution in [3.63, 3.8) is 0 Å². The lowest BCUT2D eigenvalue weighted by molar-refractivity contribution is -0.581. The molecular weight excluding hydrogens is 184 g/mol. The lowest BCUT2D eigenvalue weighted by Crippen LogP contribution is -2.34. The molecule has 0 saturated carbocycles. The van der Waals surface area contributed by atoms with Crippen molar-refractivity contribution in [2.45, 2.75) is 0 Å². The molecule has 0 spiro atoms. The molecule has 5 heteroatoms. The van der Waals surface area contributed by atoms with Gasteiger partial charge in [0.2, 0.25) is 0 Å². The zero-order valence-electron chi connectivity index (χ0n) is 7.47. The number of aromatic nitrogens is 2. The topological polar surface area (TPSA) is 69.2 Å². The highest BCUT2D eigenvalue weighted by Gasteiger charge is 2.24. The Balaban J connectivity index is 2.92. The largest absolute Gasteiger partial charge is 0.710 e. The predicted molar refractivity (Wildman–Crippen MR) is 48.8 cm³/mol. The summed E-state index contributed by atoms with van der Waals surface area (Å²) >= 11 is 0. The van der Waals surface area contributed by atoms with E-state index in [1.807, 2.05) is 0 Å². The van der Waals surface area contributed by atoms with E-state index in [0.717, 1.165) is 0 Å². The van der Waals surface area contributed by atoms with E-state index in [0.29, 0.717) is 15.8 Å². The molecule has 0 aliphatic carbocycles. The quantitative estimate of drug-likeness (QED) is 0.528. The van der Waals surface area contributed by atoms with E-state index < -0.39 is 5.97 Å². The van der Waals surface area contributed by atoms with E-state index in [-0.39, 0.29) is 5.82 Å². The van der Waals surface area contributed by atoms with Gasteiger partial charge in [-0.1, -0.05) is 12.1 Å². The Bertz CT molecular complexity index is 477. The van der Waals surface area contributed by atoms with Crippen LogP contribution >= 0.6 is 0 Å². The molecule has 72 valence electrons. The first-order chi connectivity index (χ1) is 6.63. The van der Waals surface area contributed by atoms with Crippen molar-refractivity contribution >= 4 is 17.0 Å². The molecule has 1 aromatic carbocycles. The summed E-state index contributed by atoms with van der Waals surface area (Å²) in [6, 6.07) is 6.75. The molecule has 2 aromatic rings. The summed E-state index contributed by atoms with van der Waals surface area (Å²) in [6.45, 7) is 0. The first kappa shape index (κ1) is 8.55. The fraction of sp³-hybridized carbons (Fsp3) is 0.111. The normalized spacial score (nSPS) is 10.6. The van der Waals surface area contributed by atoms with Crippen LogP contribution in [0.25, 0.3) is 11.0 Å². The van der Waals surface area contributed by atoms with Crippen molar-refractivity contribution in [2.75, 3.05) is 0 Å². The van der Waals surface area contributed by atoms with Crippen LogP contribution in [0.4, 0.5) is 0 Å². The molecule has 0 amide bonds. The third kappa shape index (κ3) is 0.953. The highest BCUT2D eigenvalue weighted by molar-refractivity contribution is 5.86. The van der Waals surface area contributed by atoms with Crippen molar-refractivity contribution in [1.29, 1.82) is 0 Å². The fourth-order valence-electron chi connectivity index (χ4n) is 1.51. The van der Waals surface area contributed by atoms with Crippen LogP contribution in [0, 0.1) is 5.21 Å². The van der Waals surface area contributed by atoms with Gasteiger partial charge in [-0.3, -0.25) is 0 Å². The second-order valence-corrected chi connectivity index (χ2v) is 2.97. The average Bonchev–Trinajstić information content (AvgIpc) is 2.41. The second-order valence-electron chi connectivity index (χ2n) is 2.97. The Morgan fingerprint density at radius 3 is 2.71 bits per heavy atom. The molecule has 1 heterocycles. The number of benzene rings is 1. The molecular formula is C9H8N2O3. The van der Waals surface area contributed by atoms with Gasteiger partial charge < -0.3 is 10.3 Å². The van der Waals surface area contributed by atoms with E-state index in [4.69, 9.17) is 5.11 Å². The Labute approximate surface area is 79.4 Å². The van der Waals surface area contributed by atoms with Gasteiger partial charge in [0.25, 0.3) is 0 Å². The molecule has 0 fully saturated rings. The van der Waals surface area contributed by atoms with Gasteiger partial charge in [0.1, 0.15) is 0 Å². The molecule has 0 aliphatic rings. The summed E-state index contributed by atoms with van der Waals surface area (Å²) in [4.78, 5) is 10.8. The van der Waals surface area contributed by atoms with Crippen LogP contribution in [0.1, 0.15) is 10.6 Å². The minimum Gasteiger partial charge on any atom is -0.710 e. The Morgan fingerprint density at radius 1 is 1.50 bits per heavy atom. The summed E-state index contributed by atoms with van der Waals surface area (Å²) in [5.74, 6) is -1.50. The molecule has 1 N–H and O–H groups in total. The van der Waals surface area contributed by atoms with E-state index in [1.165, 1.54) is 4.57 Å². The van der Waals surface area contributed by atoms with Crippen LogP contribution in [0.3, 0.4) is 0 Å². The van der Waals surface area contributed by atoms with E-state index >= 15 is 0 Å². The molecule has 2 rings (SSSR count). The number of hydrogen-bond acceptors (Lipinski definition) is 2. The Hall–Kier alpha value is -2.04. The molecule has 0 aliphatic heterocycles. The molecule has 1 aromatic heterocycles. The van der Waals surface area contributed by atoms with Gasteiger partial charge in [0, 0.05) is 0 Å². The van der Waals surface area contributed by atoms with Crippen LogP contribution in [0.15, 0.2) is 24.3 Å². The Morgan fingerprint density at radius 2 is 2.14 bits per heavy atom. The number of carbonyl (C=O) groups is 1. The summed E-state index contributed by atoms with van der Waals surface area (Å²) in [5, 5.41) is 20.3. The van der Waals surface area contributed by atoms with Crippen LogP contribution in [-0.4, -0.2) is 15.6 Å². The number of carboxylic acid groups (broad SMARTS) is 1. The maximum absolute atomic E-state index is 11.5. The van der Waals surface area contributed by atoms with Crippen LogP contribution in [-0.2, 0) is 7.05 Å². The predicted octanol–water partition coefficient (Wildman–Crippen LogP) is 0.510. The van der Waals surface area contributed by atoms with Gasteiger partial charge in [-0.05, 0) is 12.1 Å². The standard InChI is InChI=1S/C9H8N2O3/c1-10-6-4-2-3-5-7(6)11(14)8(10)9(12)13/h2-5H,1H3,(H,12,13). The first-order valence-corrected chi connectivity index (χ1v) is 4.03. The first-order valence-electron chi connectivity index (χ1n) is 4.03. The number of aryl methyl sites for hydroxylation is 1. The number of nitrogens with zero attached hydrogens (tertiary/aromatic N) is 2. The van der Waals surface area contributed by atoms with Gasteiger partial charge in [-0.2, -0.15) is 0 Å². The summed E-state index contributed by atoms with van der Waals surface area (Å²) in [6.07, 6.45) is 0. The lowest BCUT2D eigenvalue weighted by Gasteiger charge is -1.98. The molecule has 0 bridgehead atoms. The maximum atomic E-state index is 11.5. The maximum Gasteiger partial charge on any atom is 0.420 e. The molecule has 14 heavy (non-hydrogen) atoms. The van der Waals surface area contributed by atoms with Gasteiger partial charge in [-0.15, -0.1) is 0 Å². The highest BCUT2D eigenvalue weighted by Crippen LogP contribution is 2.11. The number of aromatic carboxylic acids is 1. The van der Waals surface area contributed by atoms with Crippen molar-refractivity contribution in [3.8, 4) is 0 Å². The summed E-state index contributed by atoms with van der Waals surface area (Å²) in [5.41, 5.74) is 0.979. The Kier molecular flexibility index (Phi) is 1.67. The lowest BCUT2D eigenvalue weighted by atomic mass is 10.3. The minimum atomic E-state index is -1.22. The van der Waals surface area contributed by atoms with E-state index in [2.05, 4.69) is 0 Å². The smallest absolute Gasteiger partial charge is 0.420 e. The average molecular weight is 192 g/mol. The third-order valence-corrected chi connectivity index (χ3v) is 2.16. The monoisotopic (exact) mass is 192 g/mol. The van der Waals surface area contributed by atoms with Crippen molar-refractivity contribution in [1.82, 2.24) is 4.57 Å². The fourth-order valence-corrected chi connectivity index (χ4v) is 1.51. The van der Waals surface area contributed by atoms with Crippen LogP contribution < -0.4 is 4.73 Å². The molecule has 0 saturated heterocycles. The number of hydrogen-bond donors (Lipinski definition) is 1. The highest BCUT2D eigenvalue weighted by atomic mass is 16.5. The summed E-state index contributed by atoms with van der Waals surface area (Å²) < 4.78 is 1.79. The van der Waals surface area contributed by atoms with Crippen LogP contribution in [0.5, 0.6) is 0 Å². The number of fused-ring (bicyclic) bond motifs is 1. The SMILES string of the molecule is Cn1c(C(=O)O)[n+]([O-])c2ccccc21. The van der Waals surface area contributed by atoms with Gasteiger partial charge >= 0.3 is 11.8 Å². The number of para-hydroxylation sites is 2. The van der Waals surface area contributed by atoms with Crippen LogP contribution in [0.2, 0.25) is 0 Å². The number of imidazole rings is 1. The number of carboxylic acids is 1. The van der Waals surface area contributed by atoms with Gasteiger partial charge in [-0.25, -0.2) is 14.1 Å². The van der Waals surface area contributed by atoms with Crippen molar-refractivity contribution in [2.24, 2.45) is 7.05 Å².